The minimum atomic E-state index is -1.13. The fraction of sp³-hybridized carbons (Fsp3) is 0.200. The summed E-state index contributed by atoms with van der Waals surface area (Å²) in [6.07, 6.45) is 2.72. The van der Waals surface area contributed by atoms with Gasteiger partial charge in [0, 0.05) is 11.6 Å². The van der Waals surface area contributed by atoms with Gasteiger partial charge >= 0.3 is 5.97 Å². The molecule has 6 nitrogen and oxygen atoms in total. The highest BCUT2D eigenvalue weighted by Crippen LogP contribution is 2.30. The minimum absolute atomic E-state index is 0.0768. The predicted octanol–water partition coefficient (Wildman–Crippen LogP) is 3.67. The number of carbonyl (C=O) groups is 2. The fourth-order valence-electron chi connectivity index (χ4n) is 2.22. The summed E-state index contributed by atoms with van der Waals surface area (Å²) in [4.78, 5) is 22.4. The second-order valence-electron chi connectivity index (χ2n) is 5.80. The third kappa shape index (κ3) is 5.72. The fourth-order valence-corrected chi connectivity index (χ4v) is 2.44. The van der Waals surface area contributed by atoms with Gasteiger partial charge in [0.2, 0.25) is 5.91 Å². The smallest absolute Gasteiger partial charge is 0.325 e. The van der Waals surface area contributed by atoms with E-state index in [2.05, 4.69) is 5.32 Å². The largest absolute Gasteiger partial charge is 0.493 e. The first-order chi connectivity index (χ1) is 13.3. The van der Waals surface area contributed by atoms with E-state index in [9.17, 15) is 14.0 Å². The molecule has 0 fully saturated rings. The summed E-state index contributed by atoms with van der Waals surface area (Å²) in [5.41, 5.74) is 0.866. The van der Waals surface area contributed by atoms with Gasteiger partial charge in [0.05, 0.1) is 12.1 Å². The average Bonchev–Trinajstić information content (AvgIpc) is 2.66. The van der Waals surface area contributed by atoms with Crippen LogP contribution in [-0.2, 0) is 16.2 Å². The molecule has 1 amide bonds. The molecule has 1 atom stereocenters. The number of aliphatic carboxylic acids is 1. The second kappa shape index (κ2) is 9.75. The molecule has 2 aromatic rings. The average molecular weight is 408 g/mol. The molecule has 0 unspecified atom stereocenters. The molecule has 0 aromatic heterocycles. The number of hydrogen-bond donors (Lipinski definition) is 2. The van der Waals surface area contributed by atoms with E-state index in [4.69, 9.17) is 26.2 Å². The highest BCUT2D eigenvalue weighted by atomic mass is 35.5. The molecule has 2 aromatic carbocycles. The van der Waals surface area contributed by atoms with Crippen LogP contribution < -0.4 is 14.8 Å². The third-order valence-electron chi connectivity index (χ3n) is 3.78. The standard InChI is InChI=1S/C20H19ClFNO5/c1-12(20(25)26)23-19(24)9-7-13-6-8-17(18(10-13)27-2)28-11-14-15(21)4-3-5-16(14)22/h3-10,12H,11H2,1-2H3,(H,23,24)(H,25,26)/b9-7+/t12-/m1/s1. The molecule has 0 aliphatic carbocycles. The van der Waals surface area contributed by atoms with Gasteiger partial charge in [0.1, 0.15) is 18.5 Å². The molecule has 8 heteroatoms. The van der Waals surface area contributed by atoms with Gasteiger partial charge in [-0.25, -0.2) is 4.39 Å². The van der Waals surface area contributed by atoms with Gasteiger partial charge in [-0.2, -0.15) is 0 Å². The van der Waals surface area contributed by atoms with Crippen LogP contribution in [0.1, 0.15) is 18.1 Å². The number of hydrogen-bond acceptors (Lipinski definition) is 4. The van der Waals surface area contributed by atoms with Crippen molar-refractivity contribution in [2.75, 3.05) is 7.11 Å². The van der Waals surface area contributed by atoms with Crippen LogP contribution in [0.4, 0.5) is 4.39 Å². The number of carboxylic acids is 1. The van der Waals surface area contributed by atoms with Gasteiger partial charge in [0.15, 0.2) is 11.5 Å². The summed E-state index contributed by atoms with van der Waals surface area (Å²) >= 11 is 5.99. The molecule has 0 saturated heterocycles. The molecule has 0 saturated carbocycles. The number of nitrogens with one attached hydrogen (secondary N) is 1. The maximum Gasteiger partial charge on any atom is 0.325 e. The van der Waals surface area contributed by atoms with Crippen LogP contribution in [0.25, 0.3) is 6.08 Å². The number of benzene rings is 2. The zero-order chi connectivity index (χ0) is 20.7. The maximum atomic E-state index is 13.8. The Kier molecular flexibility index (Phi) is 7.40. The summed E-state index contributed by atoms with van der Waals surface area (Å²) in [5, 5.41) is 11.4. The quantitative estimate of drug-likeness (QED) is 0.652. The molecule has 0 spiro atoms. The first-order valence-corrected chi connectivity index (χ1v) is 8.64. The van der Waals surface area contributed by atoms with Crippen LogP contribution in [0.15, 0.2) is 42.5 Å². The van der Waals surface area contributed by atoms with Crippen LogP contribution >= 0.6 is 11.6 Å². The zero-order valence-electron chi connectivity index (χ0n) is 15.2. The van der Waals surface area contributed by atoms with Crippen molar-refractivity contribution < 1.29 is 28.6 Å². The number of methoxy groups -OCH3 is 1. The number of rotatable bonds is 8. The highest BCUT2D eigenvalue weighted by molar-refractivity contribution is 6.31. The van der Waals surface area contributed by atoms with E-state index in [1.54, 1.807) is 24.3 Å². The lowest BCUT2D eigenvalue weighted by molar-refractivity contribution is -0.140. The molecule has 0 heterocycles. The van der Waals surface area contributed by atoms with Gasteiger partial charge < -0.3 is 19.9 Å². The number of carboxylic acid groups (broad SMARTS) is 1. The molecule has 28 heavy (non-hydrogen) atoms. The van der Waals surface area contributed by atoms with Gasteiger partial charge in [-0.05, 0) is 42.8 Å². The lowest BCUT2D eigenvalue weighted by Gasteiger charge is -2.12. The van der Waals surface area contributed by atoms with Crippen molar-refractivity contribution in [2.45, 2.75) is 19.6 Å². The van der Waals surface area contributed by atoms with E-state index >= 15 is 0 Å². The summed E-state index contributed by atoms with van der Waals surface area (Å²) in [5.74, 6) is -1.37. The van der Waals surface area contributed by atoms with Crippen molar-refractivity contribution in [3.63, 3.8) is 0 Å². The highest BCUT2D eigenvalue weighted by Gasteiger charge is 2.12. The van der Waals surface area contributed by atoms with Crippen molar-refractivity contribution in [3.8, 4) is 11.5 Å². The van der Waals surface area contributed by atoms with E-state index in [1.807, 2.05) is 0 Å². The summed E-state index contributed by atoms with van der Waals surface area (Å²) in [7, 11) is 1.45. The van der Waals surface area contributed by atoms with Crippen molar-refractivity contribution in [1.29, 1.82) is 0 Å². The molecular formula is C20H19ClFNO5. The zero-order valence-corrected chi connectivity index (χ0v) is 16.0. The van der Waals surface area contributed by atoms with E-state index in [1.165, 1.54) is 38.3 Å². The number of amides is 1. The predicted molar refractivity (Wildman–Crippen MR) is 103 cm³/mol. The second-order valence-corrected chi connectivity index (χ2v) is 6.21. The molecule has 148 valence electrons. The van der Waals surface area contributed by atoms with Crippen LogP contribution in [0, 0.1) is 5.82 Å². The van der Waals surface area contributed by atoms with Crippen LogP contribution in [0.2, 0.25) is 5.02 Å². The number of halogens is 2. The van der Waals surface area contributed by atoms with E-state index in [-0.39, 0.29) is 17.2 Å². The molecular weight excluding hydrogens is 389 g/mol. The van der Waals surface area contributed by atoms with Crippen molar-refractivity contribution in [3.05, 3.63) is 64.4 Å². The van der Waals surface area contributed by atoms with Crippen molar-refractivity contribution >= 4 is 29.6 Å². The van der Waals surface area contributed by atoms with Crippen LogP contribution in [0.3, 0.4) is 0 Å². The van der Waals surface area contributed by atoms with Gasteiger partial charge in [-0.3, -0.25) is 9.59 Å². The third-order valence-corrected chi connectivity index (χ3v) is 4.13. The van der Waals surface area contributed by atoms with Gasteiger partial charge in [-0.1, -0.05) is 23.7 Å². The first-order valence-electron chi connectivity index (χ1n) is 8.27. The Bertz CT molecular complexity index is 880. The Morgan fingerprint density at radius 1 is 1.29 bits per heavy atom. The molecule has 0 aliphatic heterocycles. The maximum absolute atomic E-state index is 13.8. The van der Waals surface area contributed by atoms with E-state index < -0.39 is 23.7 Å². The SMILES string of the molecule is COc1cc(/C=C/C(=O)N[C@H](C)C(=O)O)ccc1OCc1c(F)cccc1Cl. The summed E-state index contributed by atoms with van der Waals surface area (Å²) in [6, 6.07) is 8.30. The van der Waals surface area contributed by atoms with Crippen molar-refractivity contribution in [1.82, 2.24) is 5.32 Å². The Labute approximate surface area is 166 Å². The van der Waals surface area contributed by atoms with E-state index in [0.717, 1.165) is 0 Å². The Balaban J connectivity index is 2.08. The Hall–Kier alpha value is -3.06. The lowest BCUT2D eigenvalue weighted by atomic mass is 10.1. The molecule has 0 bridgehead atoms. The van der Waals surface area contributed by atoms with Crippen molar-refractivity contribution in [2.24, 2.45) is 0 Å². The molecule has 0 radical (unpaired) electrons. The minimum Gasteiger partial charge on any atom is -0.493 e. The Morgan fingerprint density at radius 3 is 2.68 bits per heavy atom. The lowest BCUT2D eigenvalue weighted by Crippen LogP contribution is -2.37. The van der Waals surface area contributed by atoms with Gasteiger partial charge in [-0.15, -0.1) is 0 Å². The number of ether oxygens (including phenoxy) is 2. The van der Waals surface area contributed by atoms with Gasteiger partial charge in [0.25, 0.3) is 0 Å². The summed E-state index contributed by atoms with van der Waals surface area (Å²) in [6.45, 7) is 1.29. The number of carbonyl (C=O) groups excluding carboxylic acids is 1. The Morgan fingerprint density at radius 2 is 2.04 bits per heavy atom. The molecule has 2 rings (SSSR count). The van der Waals surface area contributed by atoms with E-state index in [0.29, 0.717) is 17.1 Å². The summed E-state index contributed by atoms with van der Waals surface area (Å²) < 4.78 is 24.7. The van der Waals surface area contributed by atoms with Crippen LogP contribution in [0.5, 0.6) is 11.5 Å². The van der Waals surface area contributed by atoms with Crippen LogP contribution in [-0.4, -0.2) is 30.1 Å². The molecule has 0 aliphatic rings. The topological polar surface area (TPSA) is 84.9 Å². The first kappa shape index (κ1) is 21.2. The normalized spacial score (nSPS) is 11.9. The monoisotopic (exact) mass is 407 g/mol. The molecule has 2 N–H and O–H groups in total.